The first-order chi connectivity index (χ1) is 9.24. The zero-order chi connectivity index (χ0) is 13.0. The molecule has 0 atom stereocenters. The fraction of sp³-hybridized carbons (Fsp3) is 0.231. The van der Waals surface area contributed by atoms with Gasteiger partial charge in [0.15, 0.2) is 5.65 Å². The minimum atomic E-state index is -0.267. The van der Waals surface area contributed by atoms with Crippen LogP contribution in [0.1, 0.15) is 24.5 Å². The summed E-state index contributed by atoms with van der Waals surface area (Å²) < 4.78 is 14.7. The summed E-state index contributed by atoms with van der Waals surface area (Å²) in [6.45, 7) is 0. The molecule has 1 aromatic carbocycles. The van der Waals surface area contributed by atoms with E-state index in [0.29, 0.717) is 17.4 Å². The van der Waals surface area contributed by atoms with Gasteiger partial charge < -0.3 is 5.73 Å². The van der Waals surface area contributed by atoms with Gasteiger partial charge in [0.1, 0.15) is 11.6 Å². The highest BCUT2D eigenvalue weighted by molar-refractivity contribution is 5.90. The second kappa shape index (κ2) is 3.57. The lowest BCUT2D eigenvalue weighted by Gasteiger charge is -2.00. The highest BCUT2D eigenvalue weighted by Crippen LogP contribution is 2.43. The number of nitrogens with two attached hydrogens (primary N) is 1. The number of halogens is 1. The number of H-pyrrole nitrogens is 1. The first-order valence-electron chi connectivity index (χ1n) is 6.22. The first kappa shape index (κ1) is 10.5. The molecular weight excluding hydrogens is 245 g/mol. The van der Waals surface area contributed by atoms with E-state index in [1.165, 1.54) is 12.1 Å². The Kier molecular flexibility index (Phi) is 1.98. The topological polar surface area (TPSA) is 72.5 Å². The largest absolute Gasteiger partial charge is 0.383 e. The minimum absolute atomic E-state index is 0.267. The number of rotatable bonds is 2. The van der Waals surface area contributed by atoms with Gasteiger partial charge in [0.05, 0.1) is 16.8 Å². The van der Waals surface area contributed by atoms with E-state index in [-0.39, 0.29) is 5.82 Å². The molecule has 3 N–H and O–H groups in total. The van der Waals surface area contributed by atoms with Crippen LogP contribution in [0.4, 0.5) is 10.2 Å². The summed E-state index contributed by atoms with van der Waals surface area (Å²) in [7, 11) is 0. The summed E-state index contributed by atoms with van der Waals surface area (Å²) in [4.78, 5) is 0. The molecule has 1 saturated carbocycles. The number of hydrogen-bond donors (Lipinski definition) is 2. The molecule has 4 rings (SSSR count). The Labute approximate surface area is 108 Å². The predicted molar refractivity (Wildman–Crippen MR) is 69.6 cm³/mol. The van der Waals surface area contributed by atoms with E-state index in [4.69, 9.17) is 5.73 Å². The molecule has 96 valence electrons. The number of hydrogen-bond acceptors (Lipinski definition) is 3. The lowest BCUT2D eigenvalue weighted by Crippen LogP contribution is -1.98. The number of benzene rings is 1. The Morgan fingerprint density at radius 3 is 2.68 bits per heavy atom. The molecule has 0 amide bonds. The zero-order valence-corrected chi connectivity index (χ0v) is 10.1. The maximum atomic E-state index is 13.0. The summed E-state index contributed by atoms with van der Waals surface area (Å²) in [6.07, 6.45) is 2.28. The quantitative estimate of drug-likeness (QED) is 0.740. The Morgan fingerprint density at radius 1 is 1.26 bits per heavy atom. The van der Waals surface area contributed by atoms with Crippen molar-refractivity contribution in [3.63, 3.8) is 0 Å². The van der Waals surface area contributed by atoms with Crippen molar-refractivity contribution in [1.29, 1.82) is 0 Å². The normalized spacial score (nSPS) is 15.2. The van der Waals surface area contributed by atoms with Gasteiger partial charge in [-0.3, -0.25) is 5.10 Å². The van der Waals surface area contributed by atoms with E-state index >= 15 is 0 Å². The fourth-order valence-corrected chi connectivity index (χ4v) is 2.36. The van der Waals surface area contributed by atoms with Crippen LogP contribution in [-0.4, -0.2) is 20.0 Å². The Morgan fingerprint density at radius 2 is 2.00 bits per heavy atom. The van der Waals surface area contributed by atoms with Crippen LogP contribution >= 0.6 is 0 Å². The van der Waals surface area contributed by atoms with Gasteiger partial charge in [-0.15, -0.1) is 0 Å². The van der Waals surface area contributed by atoms with Crippen molar-refractivity contribution in [2.45, 2.75) is 18.8 Å². The standard InChI is InChI=1S/C13H12FN5/c14-8-3-5-9(6-4-8)19-13-10(12(15)16-17-13)11(18-19)7-1-2-7/h3-7H,1-2H2,(H3,15,16,17). The Hall–Kier alpha value is -2.37. The summed E-state index contributed by atoms with van der Waals surface area (Å²) in [6, 6.07) is 6.19. The van der Waals surface area contributed by atoms with Crippen molar-refractivity contribution in [3.05, 3.63) is 35.8 Å². The number of nitrogens with zero attached hydrogens (tertiary/aromatic N) is 3. The molecule has 3 aromatic rings. The van der Waals surface area contributed by atoms with Crippen LogP contribution in [0.5, 0.6) is 0 Å². The summed E-state index contributed by atoms with van der Waals surface area (Å²) in [5.74, 6) is 0.755. The van der Waals surface area contributed by atoms with E-state index in [0.717, 1.165) is 29.6 Å². The molecule has 1 aliphatic rings. The lowest BCUT2D eigenvalue weighted by atomic mass is 10.2. The van der Waals surface area contributed by atoms with Crippen LogP contribution in [-0.2, 0) is 0 Å². The number of nitrogens with one attached hydrogen (secondary N) is 1. The van der Waals surface area contributed by atoms with Gasteiger partial charge in [-0.25, -0.2) is 9.07 Å². The van der Waals surface area contributed by atoms with E-state index < -0.39 is 0 Å². The maximum absolute atomic E-state index is 13.0. The fourth-order valence-electron chi connectivity index (χ4n) is 2.36. The predicted octanol–water partition coefficient (Wildman–Crippen LogP) is 2.35. The first-order valence-corrected chi connectivity index (χ1v) is 6.22. The molecule has 0 unspecified atom stereocenters. The molecule has 0 spiro atoms. The molecule has 0 bridgehead atoms. The minimum Gasteiger partial charge on any atom is -0.383 e. The van der Waals surface area contributed by atoms with E-state index in [9.17, 15) is 4.39 Å². The van der Waals surface area contributed by atoms with E-state index in [1.807, 2.05) is 0 Å². The second-order valence-corrected chi connectivity index (χ2v) is 4.88. The summed E-state index contributed by atoms with van der Waals surface area (Å²) in [5, 5.41) is 12.5. The Bertz CT molecular complexity index is 751. The third-order valence-corrected chi connectivity index (χ3v) is 3.47. The van der Waals surface area contributed by atoms with Crippen LogP contribution in [0.15, 0.2) is 24.3 Å². The highest BCUT2D eigenvalue weighted by Gasteiger charge is 2.31. The van der Waals surface area contributed by atoms with Gasteiger partial charge in [0.25, 0.3) is 0 Å². The van der Waals surface area contributed by atoms with Crippen LogP contribution in [0.2, 0.25) is 0 Å². The molecule has 5 nitrogen and oxygen atoms in total. The number of anilines is 1. The molecule has 0 radical (unpaired) electrons. The average Bonchev–Trinajstić information content (AvgIpc) is 3.08. The van der Waals surface area contributed by atoms with E-state index in [2.05, 4.69) is 15.3 Å². The number of aromatic amines is 1. The molecular formula is C13H12FN5. The summed E-state index contributed by atoms with van der Waals surface area (Å²) in [5.41, 5.74) is 8.40. The number of fused-ring (bicyclic) bond motifs is 1. The SMILES string of the molecule is Nc1[nH]nc2c1c(C1CC1)nn2-c1ccc(F)cc1. The number of nitrogen functional groups attached to an aromatic ring is 1. The van der Waals surface area contributed by atoms with Crippen LogP contribution in [0, 0.1) is 5.82 Å². The Balaban J connectivity index is 1.96. The van der Waals surface area contributed by atoms with Gasteiger partial charge in [0, 0.05) is 5.92 Å². The molecule has 19 heavy (non-hydrogen) atoms. The van der Waals surface area contributed by atoms with Crippen molar-refractivity contribution in [2.24, 2.45) is 0 Å². The van der Waals surface area contributed by atoms with Gasteiger partial charge in [0.2, 0.25) is 0 Å². The number of aromatic nitrogens is 4. The third-order valence-electron chi connectivity index (χ3n) is 3.47. The van der Waals surface area contributed by atoms with Crippen molar-refractivity contribution in [1.82, 2.24) is 20.0 Å². The van der Waals surface area contributed by atoms with Crippen LogP contribution in [0.3, 0.4) is 0 Å². The third kappa shape index (κ3) is 1.53. The molecule has 1 fully saturated rings. The molecule has 2 aromatic heterocycles. The zero-order valence-electron chi connectivity index (χ0n) is 10.1. The van der Waals surface area contributed by atoms with Crippen LogP contribution < -0.4 is 5.73 Å². The molecule has 0 aliphatic heterocycles. The molecule has 6 heteroatoms. The summed E-state index contributed by atoms with van der Waals surface area (Å²) >= 11 is 0. The van der Waals surface area contributed by atoms with Crippen LogP contribution in [0.25, 0.3) is 16.7 Å². The molecule has 0 saturated heterocycles. The molecule has 1 aliphatic carbocycles. The highest BCUT2D eigenvalue weighted by atomic mass is 19.1. The van der Waals surface area contributed by atoms with Gasteiger partial charge in [-0.1, -0.05) is 0 Å². The van der Waals surface area contributed by atoms with E-state index in [1.54, 1.807) is 16.8 Å². The van der Waals surface area contributed by atoms with Crippen molar-refractivity contribution in [2.75, 3.05) is 5.73 Å². The van der Waals surface area contributed by atoms with Gasteiger partial charge >= 0.3 is 0 Å². The van der Waals surface area contributed by atoms with Gasteiger partial charge in [-0.05, 0) is 37.1 Å². The maximum Gasteiger partial charge on any atom is 0.186 e. The van der Waals surface area contributed by atoms with Crippen molar-refractivity contribution in [3.8, 4) is 5.69 Å². The lowest BCUT2D eigenvalue weighted by molar-refractivity contribution is 0.627. The second-order valence-electron chi connectivity index (χ2n) is 4.88. The van der Waals surface area contributed by atoms with Crippen molar-refractivity contribution < 1.29 is 4.39 Å². The smallest absolute Gasteiger partial charge is 0.186 e. The average molecular weight is 257 g/mol. The van der Waals surface area contributed by atoms with Crippen molar-refractivity contribution >= 4 is 16.9 Å². The van der Waals surface area contributed by atoms with Gasteiger partial charge in [-0.2, -0.15) is 10.2 Å². The monoisotopic (exact) mass is 257 g/mol. The molecule has 2 heterocycles.